The Bertz CT molecular complexity index is 750. The molecule has 124 valence electrons. The van der Waals surface area contributed by atoms with Gasteiger partial charge in [-0.25, -0.2) is 0 Å². The summed E-state index contributed by atoms with van der Waals surface area (Å²) in [6.45, 7) is 3.75. The number of hydrogen-bond donors (Lipinski definition) is 0. The van der Waals surface area contributed by atoms with Crippen molar-refractivity contribution in [3.05, 3.63) is 59.7 Å². The van der Waals surface area contributed by atoms with Crippen LogP contribution in [0.15, 0.2) is 48.5 Å². The van der Waals surface area contributed by atoms with Gasteiger partial charge in [-0.3, -0.25) is 4.79 Å². The monoisotopic (exact) mass is 341 g/mol. The van der Waals surface area contributed by atoms with Crippen LogP contribution in [0.3, 0.4) is 0 Å². The van der Waals surface area contributed by atoms with Gasteiger partial charge in [-0.1, -0.05) is 36.4 Å². The minimum atomic E-state index is -0.0353. The van der Waals surface area contributed by atoms with E-state index in [4.69, 9.17) is 9.47 Å². The fourth-order valence-corrected chi connectivity index (χ4v) is 4.35. The summed E-state index contributed by atoms with van der Waals surface area (Å²) < 4.78 is 11.3. The zero-order valence-corrected chi connectivity index (χ0v) is 14.3. The molecule has 24 heavy (non-hydrogen) atoms. The third-order valence-corrected chi connectivity index (χ3v) is 5.69. The lowest BCUT2D eigenvalue weighted by molar-refractivity contribution is -0.130. The summed E-state index contributed by atoms with van der Waals surface area (Å²) in [7, 11) is 0. The van der Waals surface area contributed by atoms with Gasteiger partial charge in [0.05, 0.1) is 5.25 Å². The number of fused-ring (bicyclic) bond motifs is 1. The van der Waals surface area contributed by atoms with Crippen LogP contribution in [0.5, 0.6) is 11.5 Å². The number of carbonyl (C=O) groups is 1. The highest BCUT2D eigenvalue weighted by Crippen LogP contribution is 2.45. The molecule has 0 N–H and O–H groups in total. The van der Waals surface area contributed by atoms with Gasteiger partial charge in [-0.15, -0.1) is 11.8 Å². The highest BCUT2D eigenvalue weighted by atomic mass is 32.2. The van der Waals surface area contributed by atoms with Gasteiger partial charge in [0.1, 0.15) is 18.6 Å². The molecule has 0 bridgehead atoms. The summed E-state index contributed by atoms with van der Waals surface area (Å²) in [5.41, 5.74) is 2.22. The van der Waals surface area contributed by atoms with E-state index < -0.39 is 0 Å². The van der Waals surface area contributed by atoms with Crippen LogP contribution in [0, 0.1) is 0 Å². The average molecular weight is 341 g/mol. The molecule has 2 heterocycles. The molecule has 1 fully saturated rings. The summed E-state index contributed by atoms with van der Waals surface area (Å²) in [5, 5.41) is -0.0320. The van der Waals surface area contributed by atoms with E-state index in [0.717, 1.165) is 22.6 Å². The van der Waals surface area contributed by atoms with Gasteiger partial charge < -0.3 is 14.4 Å². The molecule has 1 saturated heterocycles. The standard InChI is InChI=1S/C19H19NO3S/c1-13-18(21)20(12-14-5-3-2-4-6-14)19(24-13)15-7-8-16-17(11-15)23-10-9-22-16/h2-8,11,13,19H,9-10,12H2,1H3/t13-,19+/m0/s1. The summed E-state index contributed by atoms with van der Waals surface area (Å²) in [6, 6.07) is 16.1. The van der Waals surface area contributed by atoms with Crippen LogP contribution in [-0.4, -0.2) is 29.3 Å². The molecule has 2 aliphatic heterocycles. The first-order chi connectivity index (χ1) is 11.7. The van der Waals surface area contributed by atoms with Crippen molar-refractivity contribution in [2.45, 2.75) is 24.1 Å². The van der Waals surface area contributed by atoms with E-state index in [0.29, 0.717) is 19.8 Å². The second-order valence-electron chi connectivity index (χ2n) is 5.99. The number of carbonyl (C=O) groups excluding carboxylic acids is 1. The number of nitrogens with zero attached hydrogens (tertiary/aromatic N) is 1. The number of amides is 1. The van der Waals surface area contributed by atoms with Crippen molar-refractivity contribution >= 4 is 17.7 Å². The molecule has 0 aliphatic carbocycles. The van der Waals surface area contributed by atoms with Crippen molar-refractivity contribution in [1.29, 1.82) is 0 Å². The molecule has 0 unspecified atom stereocenters. The molecular weight excluding hydrogens is 322 g/mol. The number of rotatable bonds is 3. The fraction of sp³-hybridized carbons (Fsp3) is 0.316. The molecule has 0 aromatic heterocycles. The highest BCUT2D eigenvalue weighted by molar-refractivity contribution is 8.01. The SMILES string of the molecule is C[C@@H]1S[C@H](c2ccc3c(c2)OCCO3)N(Cc2ccccc2)C1=O. The quantitative estimate of drug-likeness (QED) is 0.855. The Balaban J connectivity index is 1.63. The fourth-order valence-electron chi connectivity index (χ4n) is 3.09. The first-order valence-electron chi connectivity index (χ1n) is 8.12. The van der Waals surface area contributed by atoms with Crippen LogP contribution in [0.4, 0.5) is 0 Å². The summed E-state index contributed by atoms with van der Waals surface area (Å²) in [5.74, 6) is 1.73. The van der Waals surface area contributed by atoms with Crippen molar-refractivity contribution in [2.24, 2.45) is 0 Å². The molecule has 2 aromatic carbocycles. The summed E-state index contributed by atoms with van der Waals surface area (Å²) in [4.78, 5) is 14.6. The van der Waals surface area contributed by atoms with E-state index >= 15 is 0 Å². The molecule has 0 radical (unpaired) electrons. The normalized spacial score (nSPS) is 22.7. The maximum absolute atomic E-state index is 12.6. The second-order valence-corrected chi connectivity index (χ2v) is 7.41. The Hall–Kier alpha value is -2.14. The number of ether oxygens (including phenoxy) is 2. The zero-order chi connectivity index (χ0) is 16.5. The first kappa shape index (κ1) is 15.4. The predicted molar refractivity (Wildman–Crippen MR) is 94.2 cm³/mol. The van der Waals surface area contributed by atoms with E-state index in [1.807, 2.05) is 48.2 Å². The largest absolute Gasteiger partial charge is 0.486 e. The lowest BCUT2D eigenvalue weighted by atomic mass is 10.1. The van der Waals surface area contributed by atoms with E-state index in [9.17, 15) is 4.79 Å². The van der Waals surface area contributed by atoms with Gasteiger partial charge in [-0.05, 0) is 30.2 Å². The second kappa shape index (κ2) is 6.40. The molecule has 2 aromatic rings. The van der Waals surface area contributed by atoms with Gasteiger partial charge in [0.2, 0.25) is 5.91 Å². The van der Waals surface area contributed by atoms with Crippen LogP contribution in [0.2, 0.25) is 0 Å². The molecule has 2 atom stereocenters. The Morgan fingerprint density at radius 1 is 1.08 bits per heavy atom. The Morgan fingerprint density at radius 3 is 2.62 bits per heavy atom. The molecule has 0 saturated carbocycles. The van der Waals surface area contributed by atoms with Crippen LogP contribution in [-0.2, 0) is 11.3 Å². The molecule has 5 heteroatoms. The van der Waals surface area contributed by atoms with Crippen molar-refractivity contribution < 1.29 is 14.3 Å². The van der Waals surface area contributed by atoms with Gasteiger partial charge in [0.25, 0.3) is 0 Å². The van der Waals surface area contributed by atoms with Crippen molar-refractivity contribution in [3.63, 3.8) is 0 Å². The highest BCUT2D eigenvalue weighted by Gasteiger charge is 2.38. The number of thioether (sulfide) groups is 1. The van der Waals surface area contributed by atoms with E-state index in [1.54, 1.807) is 11.8 Å². The minimum absolute atomic E-state index is 0.00327. The predicted octanol–water partition coefficient (Wildman–Crippen LogP) is 3.62. The van der Waals surface area contributed by atoms with Crippen LogP contribution in [0.1, 0.15) is 23.4 Å². The van der Waals surface area contributed by atoms with Crippen molar-refractivity contribution in [1.82, 2.24) is 4.90 Å². The molecule has 2 aliphatic rings. The lowest BCUT2D eigenvalue weighted by Gasteiger charge is -2.26. The summed E-state index contributed by atoms with van der Waals surface area (Å²) in [6.07, 6.45) is 0. The lowest BCUT2D eigenvalue weighted by Crippen LogP contribution is -2.29. The van der Waals surface area contributed by atoms with E-state index in [-0.39, 0.29) is 16.5 Å². The zero-order valence-electron chi connectivity index (χ0n) is 13.5. The first-order valence-corrected chi connectivity index (χ1v) is 9.06. The van der Waals surface area contributed by atoms with E-state index in [1.165, 1.54) is 0 Å². The van der Waals surface area contributed by atoms with Gasteiger partial charge >= 0.3 is 0 Å². The molecule has 4 rings (SSSR count). The van der Waals surface area contributed by atoms with E-state index in [2.05, 4.69) is 12.1 Å². The van der Waals surface area contributed by atoms with Crippen LogP contribution >= 0.6 is 11.8 Å². The maximum Gasteiger partial charge on any atom is 0.236 e. The Labute approximate surface area is 145 Å². The molecule has 4 nitrogen and oxygen atoms in total. The average Bonchev–Trinajstić information content (AvgIpc) is 2.90. The molecule has 0 spiro atoms. The Morgan fingerprint density at radius 2 is 1.83 bits per heavy atom. The van der Waals surface area contributed by atoms with Crippen LogP contribution < -0.4 is 9.47 Å². The van der Waals surface area contributed by atoms with Crippen LogP contribution in [0.25, 0.3) is 0 Å². The van der Waals surface area contributed by atoms with Crippen molar-refractivity contribution in [3.8, 4) is 11.5 Å². The third-order valence-electron chi connectivity index (χ3n) is 4.29. The maximum atomic E-state index is 12.6. The van der Waals surface area contributed by atoms with Gasteiger partial charge in [0, 0.05) is 6.54 Å². The van der Waals surface area contributed by atoms with Crippen molar-refractivity contribution in [2.75, 3.05) is 13.2 Å². The number of hydrogen-bond acceptors (Lipinski definition) is 4. The number of benzene rings is 2. The molecular formula is C19H19NO3S. The Kier molecular flexibility index (Phi) is 4.10. The topological polar surface area (TPSA) is 38.8 Å². The van der Waals surface area contributed by atoms with Gasteiger partial charge in [0.15, 0.2) is 11.5 Å². The summed E-state index contributed by atoms with van der Waals surface area (Å²) >= 11 is 1.68. The van der Waals surface area contributed by atoms with Gasteiger partial charge in [-0.2, -0.15) is 0 Å². The third kappa shape index (κ3) is 2.84. The molecule has 1 amide bonds. The smallest absolute Gasteiger partial charge is 0.236 e. The minimum Gasteiger partial charge on any atom is -0.486 e.